The van der Waals surface area contributed by atoms with Crippen molar-refractivity contribution >= 4 is 17.7 Å². The lowest BCUT2D eigenvalue weighted by atomic mass is 9.90. The molecular weight excluding hydrogens is 316 g/mol. The molecule has 0 aliphatic carbocycles. The number of nitrogens with zero attached hydrogens (tertiary/aromatic N) is 1. The lowest BCUT2D eigenvalue weighted by Gasteiger charge is -2.28. The first-order valence-electron chi connectivity index (χ1n) is 8.27. The molecule has 0 saturated carbocycles. The van der Waals surface area contributed by atoms with Crippen LogP contribution >= 0.6 is 0 Å². The van der Waals surface area contributed by atoms with E-state index in [1.165, 1.54) is 0 Å². The van der Waals surface area contributed by atoms with Gasteiger partial charge < -0.3 is 10.1 Å². The third-order valence-corrected chi connectivity index (χ3v) is 4.11. The lowest BCUT2D eigenvalue weighted by molar-refractivity contribution is -0.153. The van der Waals surface area contributed by atoms with Crippen LogP contribution in [0.2, 0.25) is 0 Å². The molecule has 1 heterocycles. The van der Waals surface area contributed by atoms with Gasteiger partial charge in [0.05, 0.1) is 12.6 Å². The van der Waals surface area contributed by atoms with E-state index in [0.717, 1.165) is 16.7 Å². The molecule has 128 valence electrons. The number of amides is 1. The van der Waals surface area contributed by atoms with Crippen LogP contribution in [0.25, 0.3) is 0 Å². The molecule has 1 amide bonds. The summed E-state index contributed by atoms with van der Waals surface area (Å²) in [6.45, 7) is 3.93. The van der Waals surface area contributed by atoms with Gasteiger partial charge in [-0.3, -0.25) is 14.6 Å². The number of benzene rings is 2. The van der Waals surface area contributed by atoms with Crippen molar-refractivity contribution in [2.24, 2.45) is 10.9 Å². The molecule has 0 bridgehead atoms. The Kier molecular flexibility index (Phi) is 4.93. The minimum Gasteiger partial charge on any atom is -0.465 e. The van der Waals surface area contributed by atoms with Crippen molar-refractivity contribution < 1.29 is 14.3 Å². The van der Waals surface area contributed by atoms with Crippen molar-refractivity contribution in [2.75, 3.05) is 6.61 Å². The maximum Gasteiger partial charge on any atom is 0.321 e. The Hall–Kier alpha value is -2.95. The van der Waals surface area contributed by atoms with Crippen molar-refractivity contribution in [3.63, 3.8) is 0 Å². The van der Waals surface area contributed by atoms with Crippen LogP contribution in [-0.4, -0.2) is 24.3 Å². The van der Waals surface area contributed by atoms with Gasteiger partial charge in [0, 0.05) is 5.56 Å². The van der Waals surface area contributed by atoms with Crippen LogP contribution in [0.15, 0.2) is 59.6 Å². The number of carbonyl (C=O) groups excluding carboxylic acids is 2. The molecule has 0 saturated heterocycles. The van der Waals surface area contributed by atoms with E-state index in [9.17, 15) is 9.59 Å². The smallest absolute Gasteiger partial charge is 0.321 e. The van der Waals surface area contributed by atoms with Gasteiger partial charge in [-0.1, -0.05) is 60.2 Å². The average Bonchev–Trinajstić information content (AvgIpc) is 2.62. The average molecular weight is 336 g/mol. The number of rotatable bonds is 4. The number of carbonyl (C=O) groups is 2. The summed E-state index contributed by atoms with van der Waals surface area (Å²) in [5, 5.41) is 2.74. The van der Waals surface area contributed by atoms with E-state index < -0.39 is 23.8 Å². The van der Waals surface area contributed by atoms with Gasteiger partial charge in [0.1, 0.15) is 5.84 Å². The second-order valence-corrected chi connectivity index (χ2v) is 5.92. The summed E-state index contributed by atoms with van der Waals surface area (Å²) in [6.07, 6.45) is 0. The van der Waals surface area contributed by atoms with Crippen molar-refractivity contribution in [2.45, 2.75) is 19.9 Å². The highest BCUT2D eigenvalue weighted by molar-refractivity contribution is 6.14. The summed E-state index contributed by atoms with van der Waals surface area (Å²) in [6, 6.07) is 16.5. The molecule has 0 unspecified atom stereocenters. The number of amidine groups is 1. The van der Waals surface area contributed by atoms with Crippen molar-refractivity contribution in [3.05, 3.63) is 71.3 Å². The monoisotopic (exact) mass is 336 g/mol. The summed E-state index contributed by atoms with van der Waals surface area (Å²) in [5.74, 6) is -1.47. The molecule has 0 fully saturated rings. The van der Waals surface area contributed by atoms with Crippen LogP contribution in [0.5, 0.6) is 0 Å². The summed E-state index contributed by atoms with van der Waals surface area (Å²) in [7, 11) is 0. The molecule has 25 heavy (non-hydrogen) atoms. The molecule has 2 aromatic carbocycles. The van der Waals surface area contributed by atoms with Crippen LogP contribution in [0.3, 0.4) is 0 Å². The minimum atomic E-state index is -0.991. The Morgan fingerprint density at radius 1 is 1.12 bits per heavy atom. The topological polar surface area (TPSA) is 67.8 Å². The molecule has 1 aliphatic heterocycles. The SMILES string of the molecule is CCOC(=O)[C@@H]1C(=O)NC(c2ccccc2)=N[C@@H]1c1ccc(C)cc1. The normalized spacial score (nSPS) is 19.8. The molecule has 5 heteroatoms. The Balaban J connectivity index is 2.05. The number of hydrogen-bond donors (Lipinski definition) is 1. The third kappa shape index (κ3) is 3.60. The van der Waals surface area contributed by atoms with Gasteiger partial charge in [0.15, 0.2) is 5.92 Å². The van der Waals surface area contributed by atoms with Crippen LogP contribution in [0.4, 0.5) is 0 Å². The Bertz CT molecular complexity index is 797. The number of aliphatic imine (C=N–C) groups is 1. The fraction of sp³-hybridized carbons (Fsp3) is 0.250. The van der Waals surface area contributed by atoms with Crippen molar-refractivity contribution in [1.29, 1.82) is 0 Å². The lowest BCUT2D eigenvalue weighted by Crippen LogP contribution is -2.47. The zero-order valence-electron chi connectivity index (χ0n) is 14.2. The predicted octanol–water partition coefficient (Wildman–Crippen LogP) is 2.79. The molecule has 0 spiro atoms. The molecule has 1 aliphatic rings. The largest absolute Gasteiger partial charge is 0.465 e. The number of ether oxygens (including phenoxy) is 1. The summed E-state index contributed by atoms with van der Waals surface area (Å²) in [4.78, 5) is 29.7. The van der Waals surface area contributed by atoms with E-state index >= 15 is 0 Å². The van der Waals surface area contributed by atoms with E-state index in [1.807, 2.05) is 61.5 Å². The highest BCUT2D eigenvalue weighted by atomic mass is 16.5. The first kappa shape index (κ1) is 16.9. The van der Waals surface area contributed by atoms with E-state index in [1.54, 1.807) is 6.92 Å². The molecule has 2 aromatic rings. The van der Waals surface area contributed by atoms with Gasteiger partial charge in [-0.25, -0.2) is 0 Å². The zero-order chi connectivity index (χ0) is 17.8. The first-order valence-corrected chi connectivity index (χ1v) is 8.27. The molecule has 1 N–H and O–H groups in total. The number of nitrogens with one attached hydrogen (secondary N) is 1. The van der Waals surface area contributed by atoms with Crippen molar-refractivity contribution in [1.82, 2.24) is 5.32 Å². The minimum absolute atomic E-state index is 0.221. The Labute approximate surface area is 146 Å². The van der Waals surface area contributed by atoms with Crippen molar-refractivity contribution in [3.8, 4) is 0 Å². The summed E-state index contributed by atoms with van der Waals surface area (Å²) in [5.41, 5.74) is 2.71. The van der Waals surface area contributed by atoms with Crippen LogP contribution in [0, 0.1) is 12.8 Å². The number of aryl methyl sites for hydroxylation is 1. The molecular formula is C20H20N2O3. The van der Waals surface area contributed by atoms with Gasteiger partial charge in [0.25, 0.3) is 0 Å². The number of esters is 1. The predicted molar refractivity (Wildman–Crippen MR) is 95.2 cm³/mol. The summed E-state index contributed by atoms with van der Waals surface area (Å²) < 4.78 is 5.10. The van der Waals surface area contributed by atoms with E-state index in [2.05, 4.69) is 10.3 Å². The van der Waals surface area contributed by atoms with Crippen LogP contribution in [-0.2, 0) is 14.3 Å². The highest BCUT2D eigenvalue weighted by Gasteiger charge is 2.41. The highest BCUT2D eigenvalue weighted by Crippen LogP contribution is 2.31. The molecule has 2 atom stereocenters. The molecule has 0 radical (unpaired) electrons. The van der Waals surface area contributed by atoms with E-state index in [0.29, 0.717) is 5.84 Å². The standard InChI is InChI=1S/C20H20N2O3/c1-3-25-20(24)16-17(14-11-9-13(2)10-12-14)21-18(22-19(16)23)15-7-5-4-6-8-15/h4-12,16-17H,3H2,1-2H3,(H,21,22,23)/t16-,17+/m0/s1. The van der Waals surface area contributed by atoms with Crippen LogP contribution < -0.4 is 5.32 Å². The van der Waals surface area contributed by atoms with E-state index in [-0.39, 0.29) is 6.61 Å². The van der Waals surface area contributed by atoms with Gasteiger partial charge in [-0.05, 0) is 19.4 Å². The fourth-order valence-electron chi connectivity index (χ4n) is 2.83. The zero-order valence-corrected chi connectivity index (χ0v) is 14.2. The van der Waals surface area contributed by atoms with E-state index in [4.69, 9.17) is 4.74 Å². The van der Waals surface area contributed by atoms with Crippen LogP contribution in [0.1, 0.15) is 29.7 Å². The van der Waals surface area contributed by atoms with Gasteiger partial charge in [-0.2, -0.15) is 0 Å². The first-order chi connectivity index (χ1) is 12.1. The quantitative estimate of drug-likeness (QED) is 0.689. The number of hydrogen-bond acceptors (Lipinski definition) is 4. The Morgan fingerprint density at radius 2 is 1.80 bits per heavy atom. The van der Waals surface area contributed by atoms with Gasteiger partial charge in [0.2, 0.25) is 5.91 Å². The maximum atomic E-state index is 12.7. The summed E-state index contributed by atoms with van der Waals surface area (Å²) >= 11 is 0. The fourth-order valence-corrected chi connectivity index (χ4v) is 2.83. The maximum absolute atomic E-state index is 12.7. The second kappa shape index (κ2) is 7.30. The molecule has 0 aromatic heterocycles. The third-order valence-electron chi connectivity index (χ3n) is 4.11. The molecule has 5 nitrogen and oxygen atoms in total. The van der Waals surface area contributed by atoms with Gasteiger partial charge >= 0.3 is 5.97 Å². The molecule has 3 rings (SSSR count). The van der Waals surface area contributed by atoms with Gasteiger partial charge in [-0.15, -0.1) is 0 Å². The Morgan fingerprint density at radius 3 is 2.44 bits per heavy atom. The second-order valence-electron chi connectivity index (χ2n) is 5.92.